The Bertz CT molecular complexity index is 1220. The van der Waals surface area contributed by atoms with Crippen molar-refractivity contribution < 1.29 is 31.1 Å². The van der Waals surface area contributed by atoms with E-state index in [4.69, 9.17) is 4.74 Å². The van der Waals surface area contributed by atoms with Gasteiger partial charge in [-0.15, -0.1) is 20.4 Å². The maximum absolute atomic E-state index is 12.8. The number of hydrogen-bond donors (Lipinski definition) is 1. The highest BCUT2D eigenvalue weighted by atomic mass is 32.2. The molecule has 2 aromatic rings. The van der Waals surface area contributed by atoms with E-state index >= 15 is 0 Å². The topological polar surface area (TPSA) is 126 Å². The molecule has 36 heavy (non-hydrogen) atoms. The first-order valence-corrected chi connectivity index (χ1v) is 13.8. The molecule has 0 aliphatic carbocycles. The molecule has 0 spiro atoms. The molecule has 2 heterocycles. The Morgan fingerprint density at radius 2 is 2.03 bits per heavy atom. The number of aromatic nitrogens is 2. The zero-order chi connectivity index (χ0) is 26.5. The van der Waals surface area contributed by atoms with Gasteiger partial charge < -0.3 is 9.64 Å². The molecule has 3 rings (SSSR count). The minimum absolute atomic E-state index is 0.000491. The standard InChI is InChI=1S/C21H27F3N6O4S2/c1-4-8-30-9-6-7-14-10-15(16(11-17(14)30)29-36(32,33)12-21(22,23)24)25-27-20-28-26-18(35-20)19(31)34-13(3)5-2/h10-11,13,29H,4-9,12H2,1-3H3. The number of nitrogens with one attached hydrogen (secondary N) is 1. The fourth-order valence-electron chi connectivity index (χ4n) is 3.53. The van der Waals surface area contributed by atoms with Gasteiger partial charge in [0.25, 0.3) is 5.13 Å². The van der Waals surface area contributed by atoms with Crippen molar-refractivity contribution in [1.82, 2.24) is 10.2 Å². The number of anilines is 2. The molecule has 1 unspecified atom stereocenters. The second-order valence-corrected chi connectivity index (χ2v) is 11.0. The van der Waals surface area contributed by atoms with Crippen molar-refractivity contribution in [1.29, 1.82) is 0 Å². The molecule has 1 atom stereocenters. The molecule has 0 saturated heterocycles. The minimum Gasteiger partial charge on any atom is -0.457 e. The molecular formula is C21H27F3N6O4S2. The number of benzene rings is 1. The molecule has 1 aliphatic rings. The van der Waals surface area contributed by atoms with Crippen LogP contribution in [0.5, 0.6) is 0 Å². The molecule has 1 aliphatic heterocycles. The van der Waals surface area contributed by atoms with E-state index < -0.39 is 27.9 Å². The predicted octanol–water partition coefficient (Wildman–Crippen LogP) is 5.38. The van der Waals surface area contributed by atoms with Crippen molar-refractivity contribution in [2.24, 2.45) is 10.2 Å². The zero-order valence-electron chi connectivity index (χ0n) is 20.0. The monoisotopic (exact) mass is 548 g/mol. The first kappa shape index (κ1) is 27.8. The summed E-state index contributed by atoms with van der Waals surface area (Å²) in [6, 6.07) is 3.09. The molecule has 0 saturated carbocycles. The van der Waals surface area contributed by atoms with Crippen molar-refractivity contribution in [3.8, 4) is 0 Å². The molecular weight excluding hydrogens is 521 g/mol. The van der Waals surface area contributed by atoms with E-state index in [0.29, 0.717) is 19.4 Å². The zero-order valence-corrected chi connectivity index (χ0v) is 21.6. The van der Waals surface area contributed by atoms with Crippen LogP contribution in [-0.2, 0) is 21.2 Å². The van der Waals surface area contributed by atoms with Gasteiger partial charge in [-0.1, -0.05) is 25.2 Å². The first-order chi connectivity index (χ1) is 16.9. The second-order valence-electron chi connectivity index (χ2n) is 8.28. The summed E-state index contributed by atoms with van der Waals surface area (Å²) in [5, 5.41) is 15.5. The van der Waals surface area contributed by atoms with Crippen molar-refractivity contribution in [3.05, 3.63) is 22.7 Å². The molecule has 15 heteroatoms. The molecule has 0 bridgehead atoms. The van der Waals surface area contributed by atoms with Gasteiger partial charge in [0.2, 0.25) is 15.0 Å². The third kappa shape index (κ3) is 7.59. The highest BCUT2D eigenvalue weighted by molar-refractivity contribution is 7.92. The van der Waals surface area contributed by atoms with Crippen LogP contribution in [0, 0.1) is 0 Å². The lowest BCUT2D eigenvalue weighted by Gasteiger charge is -2.32. The van der Waals surface area contributed by atoms with E-state index in [-0.39, 0.29) is 27.6 Å². The Hall–Kier alpha value is -2.81. The number of halogens is 3. The SMILES string of the molecule is CCCN1CCCc2cc(N=Nc3nnc(C(=O)OC(C)CC)s3)c(NS(=O)(=O)CC(F)(F)F)cc21. The Balaban J connectivity index is 1.94. The summed E-state index contributed by atoms with van der Waals surface area (Å²) in [6.07, 6.45) is -2.20. The maximum atomic E-state index is 12.8. The quantitative estimate of drug-likeness (QED) is 0.312. The number of sulfonamides is 1. The van der Waals surface area contributed by atoms with Gasteiger partial charge in [0.15, 0.2) is 5.75 Å². The van der Waals surface area contributed by atoms with Crippen molar-refractivity contribution >= 4 is 49.5 Å². The van der Waals surface area contributed by atoms with Crippen LogP contribution in [0.3, 0.4) is 0 Å². The van der Waals surface area contributed by atoms with E-state index in [1.165, 1.54) is 6.07 Å². The number of nitrogens with zero attached hydrogens (tertiary/aromatic N) is 5. The van der Waals surface area contributed by atoms with Crippen LogP contribution in [0.2, 0.25) is 0 Å². The van der Waals surface area contributed by atoms with E-state index in [1.807, 2.05) is 18.6 Å². The summed E-state index contributed by atoms with van der Waals surface area (Å²) in [7, 11) is -4.76. The number of esters is 1. The van der Waals surface area contributed by atoms with Gasteiger partial charge in [0.05, 0.1) is 11.8 Å². The number of carbonyl (C=O) groups is 1. The molecule has 0 radical (unpaired) electrons. The molecule has 1 aromatic heterocycles. The first-order valence-electron chi connectivity index (χ1n) is 11.4. The minimum atomic E-state index is -4.91. The smallest absolute Gasteiger partial charge is 0.404 e. The highest BCUT2D eigenvalue weighted by Crippen LogP contribution is 2.38. The average molecular weight is 549 g/mol. The van der Waals surface area contributed by atoms with Gasteiger partial charge in [-0.2, -0.15) is 13.2 Å². The van der Waals surface area contributed by atoms with Crippen LogP contribution in [0.4, 0.5) is 35.4 Å². The number of fused-ring (bicyclic) bond motifs is 1. The van der Waals surface area contributed by atoms with Gasteiger partial charge in [-0.3, -0.25) is 4.72 Å². The molecule has 198 valence electrons. The lowest BCUT2D eigenvalue weighted by Crippen LogP contribution is -2.31. The van der Waals surface area contributed by atoms with Crippen LogP contribution >= 0.6 is 11.3 Å². The molecule has 1 aromatic carbocycles. The number of ether oxygens (including phenoxy) is 1. The van der Waals surface area contributed by atoms with Crippen molar-refractivity contribution in [2.75, 3.05) is 28.5 Å². The van der Waals surface area contributed by atoms with Gasteiger partial charge in [-0.25, -0.2) is 13.2 Å². The Kier molecular flexibility index (Phi) is 8.87. The fraction of sp³-hybridized carbons (Fsp3) is 0.571. The highest BCUT2D eigenvalue weighted by Gasteiger charge is 2.35. The Morgan fingerprint density at radius 3 is 2.69 bits per heavy atom. The number of azo groups is 1. The Morgan fingerprint density at radius 1 is 1.28 bits per heavy atom. The molecule has 0 amide bonds. The van der Waals surface area contributed by atoms with Crippen molar-refractivity contribution in [2.45, 2.75) is 58.7 Å². The maximum Gasteiger partial charge on any atom is 0.404 e. The predicted molar refractivity (Wildman–Crippen MR) is 130 cm³/mol. The van der Waals surface area contributed by atoms with E-state index in [9.17, 15) is 26.4 Å². The van der Waals surface area contributed by atoms with Gasteiger partial charge in [0, 0.05) is 18.8 Å². The summed E-state index contributed by atoms with van der Waals surface area (Å²) >= 11 is 0.823. The van der Waals surface area contributed by atoms with Crippen LogP contribution in [-0.4, -0.2) is 55.7 Å². The molecule has 0 fully saturated rings. The van der Waals surface area contributed by atoms with Gasteiger partial charge >= 0.3 is 12.1 Å². The third-order valence-electron chi connectivity index (χ3n) is 5.24. The largest absolute Gasteiger partial charge is 0.457 e. The lowest BCUT2D eigenvalue weighted by atomic mass is 10.00. The normalized spacial score (nSPS) is 15.1. The number of carbonyl (C=O) groups excluding carboxylic acids is 1. The Labute approximate surface area is 211 Å². The number of aryl methyl sites for hydroxylation is 1. The lowest BCUT2D eigenvalue weighted by molar-refractivity contribution is -0.106. The van der Waals surface area contributed by atoms with Crippen LogP contribution in [0.1, 0.15) is 55.4 Å². The summed E-state index contributed by atoms with van der Waals surface area (Å²) in [5.74, 6) is -2.70. The van der Waals surface area contributed by atoms with E-state index in [2.05, 4.69) is 25.3 Å². The van der Waals surface area contributed by atoms with Gasteiger partial charge in [0.1, 0.15) is 5.69 Å². The number of hydrogen-bond acceptors (Lipinski definition) is 10. The van der Waals surface area contributed by atoms with Crippen molar-refractivity contribution in [3.63, 3.8) is 0 Å². The van der Waals surface area contributed by atoms with Crippen LogP contribution in [0.25, 0.3) is 0 Å². The average Bonchev–Trinajstić information content (AvgIpc) is 3.25. The summed E-state index contributed by atoms with van der Waals surface area (Å²) in [6.45, 7) is 7.05. The number of rotatable bonds is 10. The fourth-order valence-corrected chi connectivity index (χ4v) is 5.08. The second kappa shape index (κ2) is 11.5. The van der Waals surface area contributed by atoms with E-state index in [0.717, 1.165) is 42.0 Å². The summed E-state index contributed by atoms with van der Waals surface area (Å²) in [5.41, 5.74) is 1.50. The number of alkyl halides is 3. The van der Waals surface area contributed by atoms with E-state index in [1.54, 1.807) is 13.0 Å². The molecule has 1 N–H and O–H groups in total. The summed E-state index contributed by atoms with van der Waals surface area (Å²) in [4.78, 5) is 14.2. The van der Waals surface area contributed by atoms with Crippen LogP contribution in [0.15, 0.2) is 22.4 Å². The van der Waals surface area contributed by atoms with Gasteiger partial charge in [-0.05, 0) is 50.3 Å². The van der Waals surface area contributed by atoms with Crippen LogP contribution < -0.4 is 9.62 Å². The summed E-state index contributed by atoms with van der Waals surface area (Å²) < 4.78 is 70.1. The molecule has 10 nitrogen and oxygen atoms in total. The third-order valence-corrected chi connectivity index (χ3v) is 7.27.